The summed E-state index contributed by atoms with van der Waals surface area (Å²) in [6.07, 6.45) is -0.785. The molecular formula is C12H13N3O3S. The van der Waals surface area contributed by atoms with Crippen molar-refractivity contribution >= 4 is 17.7 Å². The summed E-state index contributed by atoms with van der Waals surface area (Å²) in [5, 5.41) is 26.7. The van der Waals surface area contributed by atoms with Crippen molar-refractivity contribution in [2.75, 3.05) is 5.75 Å². The van der Waals surface area contributed by atoms with E-state index in [0.717, 1.165) is 17.4 Å². The number of aliphatic hydroxyl groups is 1. The van der Waals surface area contributed by atoms with Crippen molar-refractivity contribution in [1.82, 2.24) is 14.8 Å². The summed E-state index contributed by atoms with van der Waals surface area (Å²) < 4.78 is 1.66. The van der Waals surface area contributed by atoms with Crippen molar-refractivity contribution in [3.05, 3.63) is 36.2 Å². The van der Waals surface area contributed by atoms with E-state index in [2.05, 4.69) is 10.2 Å². The summed E-state index contributed by atoms with van der Waals surface area (Å²) >= 11 is 1.07. The fourth-order valence-electron chi connectivity index (χ4n) is 1.59. The largest absolute Gasteiger partial charge is 0.481 e. The lowest BCUT2D eigenvalue weighted by Crippen LogP contribution is -2.07. The zero-order chi connectivity index (χ0) is 13.8. The molecule has 100 valence electrons. The fourth-order valence-corrected chi connectivity index (χ4v) is 2.27. The third-order valence-electron chi connectivity index (χ3n) is 2.37. The normalized spacial score (nSPS) is 12.3. The van der Waals surface area contributed by atoms with Crippen LogP contribution in [-0.4, -0.2) is 36.7 Å². The predicted octanol–water partition coefficient (Wildman–Crippen LogP) is 1.50. The molecule has 1 unspecified atom stereocenters. The van der Waals surface area contributed by atoms with E-state index in [1.165, 1.54) is 0 Å². The molecule has 19 heavy (non-hydrogen) atoms. The SMILES string of the molecule is CC(O)c1nnc(SCC(=O)O)n1-c1ccccc1. The molecule has 0 aliphatic heterocycles. The van der Waals surface area contributed by atoms with Gasteiger partial charge in [-0.25, -0.2) is 0 Å². The quantitative estimate of drug-likeness (QED) is 0.806. The number of carboxylic acid groups (broad SMARTS) is 1. The molecule has 7 heteroatoms. The van der Waals surface area contributed by atoms with Crippen LogP contribution in [0.2, 0.25) is 0 Å². The molecule has 0 spiro atoms. The summed E-state index contributed by atoms with van der Waals surface area (Å²) in [4.78, 5) is 10.6. The van der Waals surface area contributed by atoms with Crippen LogP contribution in [-0.2, 0) is 4.79 Å². The highest BCUT2D eigenvalue weighted by Gasteiger charge is 2.18. The molecule has 2 rings (SSSR count). The van der Waals surface area contributed by atoms with Crippen molar-refractivity contribution in [2.24, 2.45) is 0 Å². The van der Waals surface area contributed by atoms with E-state index in [1.807, 2.05) is 30.3 Å². The van der Waals surface area contributed by atoms with Crippen LogP contribution >= 0.6 is 11.8 Å². The molecule has 0 radical (unpaired) electrons. The minimum Gasteiger partial charge on any atom is -0.481 e. The number of aromatic nitrogens is 3. The first-order chi connectivity index (χ1) is 9.09. The van der Waals surface area contributed by atoms with Crippen molar-refractivity contribution < 1.29 is 15.0 Å². The molecule has 0 saturated heterocycles. The minimum atomic E-state index is -0.925. The monoisotopic (exact) mass is 279 g/mol. The number of aliphatic carboxylic acids is 1. The van der Waals surface area contributed by atoms with Crippen LogP contribution in [0.3, 0.4) is 0 Å². The number of carbonyl (C=O) groups is 1. The Labute approximate surface area is 114 Å². The first-order valence-electron chi connectivity index (χ1n) is 5.63. The lowest BCUT2D eigenvalue weighted by Gasteiger charge is -2.10. The summed E-state index contributed by atoms with van der Waals surface area (Å²) in [5.74, 6) is -0.643. The van der Waals surface area contributed by atoms with Crippen LogP contribution in [0, 0.1) is 0 Å². The zero-order valence-corrected chi connectivity index (χ0v) is 11.0. The molecule has 6 nitrogen and oxygen atoms in total. The van der Waals surface area contributed by atoms with Crippen LogP contribution in [0.1, 0.15) is 18.9 Å². The number of aliphatic hydroxyl groups excluding tert-OH is 1. The van der Waals surface area contributed by atoms with Crippen LogP contribution in [0.5, 0.6) is 0 Å². The smallest absolute Gasteiger partial charge is 0.313 e. The number of rotatable bonds is 5. The van der Waals surface area contributed by atoms with Crippen molar-refractivity contribution in [3.63, 3.8) is 0 Å². The average molecular weight is 279 g/mol. The lowest BCUT2D eigenvalue weighted by molar-refractivity contribution is -0.133. The zero-order valence-electron chi connectivity index (χ0n) is 10.2. The van der Waals surface area contributed by atoms with E-state index >= 15 is 0 Å². The highest BCUT2D eigenvalue weighted by molar-refractivity contribution is 7.99. The Bertz CT molecular complexity index is 569. The number of nitrogens with zero attached hydrogens (tertiary/aromatic N) is 3. The standard InChI is InChI=1S/C12H13N3O3S/c1-8(16)11-13-14-12(19-7-10(17)18)15(11)9-5-3-2-4-6-9/h2-6,8,16H,7H2,1H3,(H,17,18). The maximum absolute atomic E-state index is 10.6. The van der Waals surface area contributed by atoms with E-state index in [1.54, 1.807) is 11.5 Å². The Morgan fingerprint density at radius 3 is 2.63 bits per heavy atom. The second kappa shape index (κ2) is 5.85. The Morgan fingerprint density at radius 1 is 1.37 bits per heavy atom. The van der Waals surface area contributed by atoms with Crippen LogP contribution < -0.4 is 0 Å². The van der Waals surface area contributed by atoms with E-state index < -0.39 is 12.1 Å². The maximum Gasteiger partial charge on any atom is 0.313 e. The van der Waals surface area contributed by atoms with Gasteiger partial charge in [-0.3, -0.25) is 9.36 Å². The van der Waals surface area contributed by atoms with Crippen molar-refractivity contribution in [3.8, 4) is 5.69 Å². The Balaban J connectivity index is 2.42. The molecule has 0 amide bonds. The number of para-hydroxylation sites is 1. The summed E-state index contributed by atoms with van der Waals surface area (Å²) in [6.45, 7) is 1.59. The molecule has 0 aliphatic carbocycles. The van der Waals surface area contributed by atoms with Gasteiger partial charge in [0, 0.05) is 5.69 Å². The fraction of sp³-hybridized carbons (Fsp3) is 0.250. The Morgan fingerprint density at radius 2 is 2.05 bits per heavy atom. The molecule has 2 N–H and O–H groups in total. The maximum atomic E-state index is 10.6. The lowest BCUT2D eigenvalue weighted by atomic mass is 10.3. The van der Waals surface area contributed by atoms with Crippen LogP contribution in [0.25, 0.3) is 5.69 Å². The van der Waals surface area contributed by atoms with Gasteiger partial charge in [0.15, 0.2) is 11.0 Å². The first-order valence-corrected chi connectivity index (χ1v) is 6.61. The van der Waals surface area contributed by atoms with Crippen LogP contribution in [0.15, 0.2) is 35.5 Å². The van der Waals surface area contributed by atoms with Gasteiger partial charge in [-0.1, -0.05) is 30.0 Å². The van der Waals surface area contributed by atoms with E-state index in [4.69, 9.17) is 5.11 Å². The molecule has 1 heterocycles. The Kier molecular flexibility index (Phi) is 4.18. The van der Waals surface area contributed by atoms with Crippen molar-refractivity contribution in [1.29, 1.82) is 0 Å². The second-order valence-electron chi connectivity index (χ2n) is 3.87. The first kappa shape index (κ1) is 13.6. The van der Waals surface area contributed by atoms with Crippen molar-refractivity contribution in [2.45, 2.75) is 18.2 Å². The van der Waals surface area contributed by atoms with E-state index in [-0.39, 0.29) is 5.75 Å². The van der Waals surface area contributed by atoms with E-state index in [0.29, 0.717) is 11.0 Å². The predicted molar refractivity (Wildman–Crippen MR) is 70.4 cm³/mol. The highest BCUT2D eigenvalue weighted by Crippen LogP contribution is 2.24. The topological polar surface area (TPSA) is 88.2 Å². The third-order valence-corrected chi connectivity index (χ3v) is 3.28. The van der Waals surface area contributed by atoms with Gasteiger partial charge in [0.1, 0.15) is 6.10 Å². The number of hydrogen-bond acceptors (Lipinski definition) is 5. The van der Waals surface area contributed by atoms with Gasteiger partial charge in [-0.2, -0.15) is 0 Å². The molecule has 2 aromatic rings. The number of carboxylic acids is 1. The number of hydrogen-bond donors (Lipinski definition) is 2. The number of benzene rings is 1. The van der Waals surface area contributed by atoms with Gasteiger partial charge < -0.3 is 10.2 Å². The molecule has 0 aliphatic rings. The molecule has 0 fully saturated rings. The highest BCUT2D eigenvalue weighted by atomic mass is 32.2. The summed E-state index contributed by atoms with van der Waals surface area (Å²) in [6, 6.07) is 9.28. The average Bonchev–Trinajstić information content (AvgIpc) is 2.81. The molecule has 1 aromatic carbocycles. The molecule has 1 atom stereocenters. The van der Waals surface area contributed by atoms with Gasteiger partial charge in [0.2, 0.25) is 0 Å². The molecule has 0 saturated carbocycles. The van der Waals surface area contributed by atoms with Gasteiger partial charge in [0.25, 0.3) is 0 Å². The van der Waals surface area contributed by atoms with Crippen LogP contribution in [0.4, 0.5) is 0 Å². The summed E-state index contributed by atoms with van der Waals surface area (Å²) in [7, 11) is 0. The van der Waals surface area contributed by atoms with Gasteiger partial charge in [-0.15, -0.1) is 10.2 Å². The van der Waals surface area contributed by atoms with E-state index in [9.17, 15) is 9.90 Å². The summed E-state index contributed by atoms with van der Waals surface area (Å²) in [5.41, 5.74) is 0.788. The molecular weight excluding hydrogens is 266 g/mol. The molecule has 0 bridgehead atoms. The van der Waals surface area contributed by atoms with Gasteiger partial charge >= 0.3 is 5.97 Å². The second-order valence-corrected chi connectivity index (χ2v) is 4.81. The Hall–Kier alpha value is -1.86. The molecule has 1 aromatic heterocycles. The minimum absolute atomic E-state index is 0.106. The van der Waals surface area contributed by atoms with Gasteiger partial charge in [0.05, 0.1) is 5.75 Å². The third kappa shape index (κ3) is 3.12. The number of thioether (sulfide) groups is 1. The van der Waals surface area contributed by atoms with Gasteiger partial charge in [-0.05, 0) is 19.1 Å².